The maximum Gasteiger partial charge on any atom is 2.00 e. The summed E-state index contributed by atoms with van der Waals surface area (Å²) in [6.45, 7) is 3.09. The molecule has 2 N–H and O–H groups in total. The van der Waals surface area contributed by atoms with Gasteiger partial charge in [-0.25, -0.2) is 0 Å². The van der Waals surface area contributed by atoms with Crippen molar-refractivity contribution in [3.63, 3.8) is 0 Å². The second kappa shape index (κ2) is 44.8. The molecule has 0 saturated heterocycles. The van der Waals surface area contributed by atoms with Crippen molar-refractivity contribution in [2.24, 2.45) is 0 Å². The summed E-state index contributed by atoms with van der Waals surface area (Å²) in [5.41, 5.74) is 2.47. The van der Waals surface area contributed by atoms with Crippen molar-refractivity contribution >= 4 is 60.8 Å². The molecule has 0 saturated carbocycles. The number of unbranched alkanes of at least 4 members (excludes halogenated alkanes) is 20. The van der Waals surface area contributed by atoms with E-state index in [9.17, 15) is 30.0 Å². The van der Waals surface area contributed by atoms with Gasteiger partial charge in [0.15, 0.2) is 0 Å². The molecule has 2 atom stereocenters. The van der Waals surface area contributed by atoms with Gasteiger partial charge >= 0.3 is 48.9 Å². The number of carbonyl (C=O) groups excluding carboxylic acids is 2. The number of carboxylic acid groups (broad SMARTS) is 2. The molecule has 0 radical (unpaired) electrons. The third-order valence-corrected chi connectivity index (χ3v) is 10.7. The summed E-state index contributed by atoms with van der Waals surface area (Å²) in [5, 5.41) is 40.7. The number of benzene rings is 2. The Hall–Kier alpha value is -1.21. The Kier molecular flexibility index (Phi) is 43.9. The quantitative estimate of drug-likeness (QED) is 0.0498. The Balaban J connectivity index is 0.00000112. The van der Waals surface area contributed by atoms with Crippen LogP contribution in [0.15, 0.2) is 60.7 Å². The average molecular weight is 949 g/mol. The third kappa shape index (κ3) is 43.2. The van der Waals surface area contributed by atoms with Gasteiger partial charge in [-0.3, -0.25) is 0 Å². The zero-order valence-corrected chi connectivity index (χ0v) is 41.5. The molecule has 0 heterocycles. The molecule has 2 aromatic carbocycles. The summed E-state index contributed by atoms with van der Waals surface area (Å²) in [4.78, 5) is 20.6. The molecule has 332 valence electrons. The molecule has 0 aliphatic heterocycles. The van der Waals surface area contributed by atoms with Crippen LogP contribution in [0.1, 0.15) is 204 Å². The second-order valence-corrected chi connectivity index (χ2v) is 16.3. The summed E-state index contributed by atoms with van der Waals surface area (Å²) in [7, 11) is 0. The van der Waals surface area contributed by atoms with E-state index in [1.807, 2.05) is 36.4 Å². The molecule has 2 rings (SSSR count). The zero-order chi connectivity index (χ0) is 42.0. The van der Waals surface area contributed by atoms with Crippen molar-refractivity contribution in [2.45, 2.75) is 218 Å². The Bertz CT molecular complexity index is 1080. The van der Waals surface area contributed by atoms with Crippen LogP contribution in [0.5, 0.6) is 0 Å². The SMILES string of the molecule is O=C([O-])CCCCCCCCC(O)CCCCCCCCOCc1ccccc1.O=C([O-])CCCCCCCCC(O)CCCCCCCCOCc1ccccc1.[Ba+2]. The number of rotatable bonds is 40. The molecular formula is C50H82BaO8. The van der Waals surface area contributed by atoms with Crippen LogP contribution in [0, 0.1) is 0 Å². The van der Waals surface area contributed by atoms with Crippen molar-refractivity contribution in [3.05, 3.63) is 71.8 Å². The maximum absolute atomic E-state index is 10.3. The van der Waals surface area contributed by atoms with Crippen molar-refractivity contribution in [1.82, 2.24) is 0 Å². The van der Waals surface area contributed by atoms with E-state index in [0.717, 1.165) is 142 Å². The third-order valence-electron chi connectivity index (χ3n) is 10.7. The molecule has 9 heteroatoms. The first kappa shape index (κ1) is 57.8. The smallest absolute Gasteiger partial charge is 0.550 e. The summed E-state index contributed by atoms with van der Waals surface area (Å²) in [6.07, 6.45) is 30.3. The molecule has 0 amide bonds. The molecule has 8 nitrogen and oxygen atoms in total. The molecule has 0 aliphatic carbocycles. The van der Waals surface area contributed by atoms with Gasteiger partial charge in [-0.2, -0.15) is 0 Å². The molecule has 0 fully saturated rings. The monoisotopic (exact) mass is 949 g/mol. The number of aliphatic hydroxyl groups is 2. The topological polar surface area (TPSA) is 139 Å². The van der Waals surface area contributed by atoms with Gasteiger partial charge in [0, 0.05) is 25.2 Å². The van der Waals surface area contributed by atoms with Gasteiger partial charge in [-0.05, 0) is 75.3 Å². The minimum absolute atomic E-state index is 0. The van der Waals surface area contributed by atoms with Gasteiger partial charge in [0.1, 0.15) is 0 Å². The first-order valence-corrected chi connectivity index (χ1v) is 23.4. The van der Waals surface area contributed by atoms with Gasteiger partial charge in [-0.1, -0.05) is 189 Å². The van der Waals surface area contributed by atoms with Crippen LogP contribution in [-0.4, -0.2) is 96.5 Å². The summed E-state index contributed by atoms with van der Waals surface area (Å²) >= 11 is 0. The molecule has 2 unspecified atom stereocenters. The number of carboxylic acids is 2. The van der Waals surface area contributed by atoms with Crippen LogP contribution in [0.4, 0.5) is 0 Å². The fraction of sp³-hybridized carbons (Fsp3) is 0.720. The zero-order valence-electron chi connectivity index (χ0n) is 37.0. The molecule has 0 spiro atoms. The van der Waals surface area contributed by atoms with Crippen LogP contribution in [0.2, 0.25) is 0 Å². The molecular weight excluding hydrogens is 866 g/mol. The summed E-state index contributed by atoms with van der Waals surface area (Å²) in [5.74, 6) is -1.89. The standard InChI is InChI=1S/2C25H42O4.Ba/c2*26-24(18-12-5-1-2-7-14-20-25(27)28)19-13-6-3-4-8-15-21-29-22-23-16-10-9-11-17-23;/h2*9-11,16-17,24,26H,1-8,12-15,18-22H2,(H,27,28);/q;;+2/p-2. The Labute approximate surface area is 400 Å². The maximum atomic E-state index is 10.3. The van der Waals surface area contributed by atoms with E-state index < -0.39 is 11.9 Å². The molecule has 0 aromatic heterocycles. The van der Waals surface area contributed by atoms with Crippen LogP contribution in [0.25, 0.3) is 0 Å². The number of aliphatic hydroxyl groups excluding tert-OH is 2. The number of hydrogen-bond donors (Lipinski definition) is 2. The van der Waals surface area contributed by atoms with Crippen LogP contribution >= 0.6 is 0 Å². The minimum Gasteiger partial charge on any atom is -0.550 e. The normalized spacial score (nSPS) is 12.0. The Morgan fingerprint density at radius 2 is 0.661 bits per heavy atom. The fourth-order valence-electron chi connectivity index (χ4n) is 7.11. The van der Waals surface area contributed by atoms with Gasteiger partial charge in [0.2, 0.25) is 0 Å². The van der Waals surface area contributed by atoms with Crippen molar-refractivity contribution < 1.29 is 39.5 Å². The van der Waals surface area contributed by atoms with E-state index in [0.29, 0.717) is 13.2 Å². The molecule has 0 aliphatic rings. The van der Waals surface area contributed by atoms with Crippen LogP contribution in [0.3, 0.4) is 0 Å². The predicted octanol–water partition coefficient (Wildman–Crippen LogP) is 9.95. The van der Waals surface area contributed by atoms with Gasteiger partial charge in [-0.15, -0.1) is 0 Å². The summed E-state index contributed by atoms with van der Waals surface area (Å²) in [6, 6.07) is 20.6. The van der Waals surface area contributed by atoms with Crippen molar-refractivity contribution in [3.8, 4) is 0 Å². The predicted molar refractivity (Wildman–Crippen MR) is 238 cm³/mol. The van der Waals surface area contributed by atoms with E-state index in [2.05, 4.69) is 24.3 Å². The van der Waals surface area contributed by atoms with Crippen molar-refractivity contribution in [1.29, 1.82) is 0 Å². The van der Waals surface area contributed by atoms with Gasteiger partial charge in [0.25, 0.3) is 0 Å². The van der Waals surface area contributed by atoms with E-state index in [1.54, 1.807) is 0 Å². The summed E-state index contributed by atoms with van der Waals surface area (Å²) < 4.78 is 11.4. The number of carbonyl (C=O) groups is 2. The first-order valence-electron chi connectivity index (χ1n) is 23.4. The number of hydrogen-bond acceptors (Lipinski definition) is 8. The minimum atomic E-state index is -0.944. The number of aliphatic carboxylic acids is 2. The van der Waals surface area contributed by atoms with E-state index >= 15 is 0 Å². The molecule has 0 bridgehead atoms. The Morgan fingerprint density at radius 3 is 0.949 bits per heavy atom. The van der Waals surface area contributed by atoms with Crippen LogP contribution in [-0.2, 0) is 32.3 Å². The fourth-order valence-corrected chi connectivity index (χ4v) is 7.11. The van der Waals surface area contributed by atoms with Gasteiger partial charge < -0.3 is 39.5 Å². The van der Waals surface area contributed by atoms with E-state index in [1.165, 1.54) is 62.5 Å². The molecule has 2 aromatic rings. The number of ether oxygens (including phenoxy) is 2. The van der Waals surface area contributed by atoms with E-state index in [4.69, 9.17) is 9.47 Å². The average Bonchev–Trinajstić information content (AvgIpc) is 3.22. The van der Waals surface area contributed by atoms with Crippen LogP contribution < -0.4 is 10.2 Å². The largest absolute Gasteiger partial charge is 2.00 e. The second-order valence-electron chi connectivity index (χ2n) is 16.3. The Morgan fingerprint density at radius 1 is 0.407 bits per heavy atom. The van der Waals surface area contributed by atoms with E-state index in [-0.39, 0.29) is 73.9 Å². The molecule has 59 heavy (non-hydrogen) atoms. The van der Waals surface area contributed by atoms with Crippen molar-refractivity contribution in [2.75, 3.05) is 13.2 Å². The first-order chi connectivity index (χ1) is 28.4. The van der Waals surface area contributed by atoms with Gasteiger partial charge in [0.05, 0.1) is 25.4 Å².